The second-order valence-electron chi connectivity index (χ2n) is 9.16. The quantitative estimate of drug-likeness (QED) is 0.145. The standard InChI is InChI=1S/C25H46ClNO4/c1-4-6-8-10-11-13-15-21(14-12-9-7-5-2)24(28)30-20-23(26)31-25(29)22-16-18-27(3)19-17-22/h21-23H,4-20H2,1-3H3. The van der Waals surface area contributed by atoms with Gasteiger partial charge in [-0.25, -0.2) is 0 Å². The first kappa shape index (κ1) is 28.2. The fraction of sp³-hybridized carbons (Fsp3) is 0.920. The maximum atomic E-state index is 12.7. The van der Waals surface area contributed by atoms with Gasteiger partial charge in [0.25, 0.3) is 0 Å². The number of unbranched alkanes of at least 4 members (excludes halogenated alkanes) is 8. The highest BCUT2D eigenvalue weighted by molar-refractivity contribution is 6.20. The number of rotatable bonds is 17. The Morgan fingerprint density at radius 2 is 1.42 bits per heavy atom. The van der Waals surface area contributed by atoms with E-state index in [2.05, 4.69) is 25.8 Å². The average molecular weight is 460 g/mol. The van der Waals surface area contributed by atoms with Gasteiger partial charge in [0, 0.05) is 0 Å². The minimum Gasteiger partial charge on any atom is -0.460 e. The molecule has 6 heteroatoms. The lowest BCUT2D eigenvalue weighted by Crippen LogP contribution is -2.35. The number of likely N-dealkylation sites (tertiary alicyclic amines) is 1. The first-order valence-corrected chi connectivity index (χ1v) is 13.1. The maximum Gasteiger partial charge on any atom is 0.310 e. The molecule has 0 radical (unpaired) electrons. The van der Waals surface area contributed by atoms with E-state index in [0.717, 1.165) is 58.0 Å². The highest BCUT2D eigenvalue weighted by Gasteiger charge is 2.27. The van der Waals surface area contributed by atoms with E-state index in [1.54, 1.807) is 0 Å². The van der Waals surface area contributed by atoms with Crippen LogP contribution in [0.4, 0.5) is 0 Å². The van der Waals surface area contributed by atoms with Gasteiger partial charge in [0.2, 0.25) is 5.56 Å². The molecule has 0 aliphatic carbocycles. The van der Waals surface area contributed by atoms with Crippen LogP contribution in [0.1, 0.15) is 104 Å². The molecular formula is C25H46ClNO4. The summed E-state index contributed by atoms with van der Waals surface area (Å²) in [5.41, 5.74) is -0.911. The lowest BCUT2D eigenvalue weighted by Gasteiger charge is -2.28. The van der Waals surface area contributed by atoms with Crippen molar-refractivity contribution in [1.29, 1.82) is 0 Å². The summed E-state index contributed by atoms with van der Waals surface area (Å²) in [6, 6.07) is 0. The summed E-state index contributed by atoms with van der Waals surface area (Å²) in [5.74, 6) is -0.637. The zero-order valence-corrected chi connectivity index (χ0v) is 21.0. The number of piperidine rings is 1. The molecule has 2 unspecified atom stereocenters. The van der Waals surface area contributed by atoms with Crippen LogP contribution in [0.3, 0.4) is 0 Å². The third kappa shape index (κ3) is 13.4. The van der Waals surface area contributed by atoms with Crippen LogP contribution in [-0.4, -0.2) is 49.1 Å². The van der Waals surface area contributed by atoms with Crippen LogP contribution < -0.4 is 0 Å². The Kier molecular flexibility index (Phi) is 16.1. The first-order chi connectivity index (χ1) is 15.0. The van der Waals surface area contributed by atoms with Gasteiger partial charge < -0.3 is 14.4 Å². The summed E-state index contributed by atoms with van der Waals surface area (Å²) in [7, 11) is 2.05. The molecule has 0 amide bonds. The predicted octanol–water partition coefficient (Wildman–Crippen LogP) is 6.32. The lowest BCUT2D eigenvalue weighted by molar-refractivity contribution is -0.160. The van der Waals surface area contributed by atoms with Crippen molar-refractivity contribution in [2.45, 2.75) is 109 Å². The van der Waals surface area contributed by atoms with Crippen LogP contribution in [-0.2, 0) is 19.1 Å². The number of carbonyl (C=O) groups is 2. The molecule has 1 fully saturated rings. The molecule has 1 aliphatic heterocycles. The van der Waals surface area contributed by atoms with Crippen molar-refractivity contribution >= 4 is 23.5 Å². The molecule has 1 rings (SSSR count). The number of carbonyl (C=O) groups excluding carboxylic acids is 2. The summed E-state index contributed by atoms with van der Waals surface area (Å²) in [6.07, 6.45) is 15.2. The number of nitrogens with zero attached hydrogens (tertiary/aromatic N) is 1. The van der Waals surface area contributed by atoms with Crippen molar-refractivity contribution in [3.8, 4) is 0 Å². The Hall–Kier alpha value is -0.810. The molecule has 1 saturated heterocycles. The molecule has 0 bridgehead atoms. The van der Waals surface area contributed by atoms with E-state index in [0.29, 0.717) is 0 Å². The van der Waals surface area contributed by atoms with Crippen molar-refractivity contribution in [3.63, 3.8) is 0 Å². The molecule has 5 nitrogen and oxygen atoms in total. The van der Waals surface area contributed by atoms with E-state index >= 15 is 0 Å². The fourth-order valence-electron chi connectivity index (χ4n) is 4.13. The number of esters is 2. The monoisotopic (exact) mass is 459 g/mol. The van der Waals surface area contributed by atoms with Crippen LogP contribution in [0.15, 0.2) is 0 Å². The molecule has 0 N–H and O–H groups in total. The molecule has 1 aliphatic rings. The van der Waals surface area contributed by atoms with Crippen LogP contribution in [0, 0.1) is 11.8 Å². The third-order valence-corrected chi connectivity index (χ3v) is 6.51. The summed E-state index contributed by atoms with van der Waals surface area (Å²) in [4.78, 5) is 27.2. The number of halogens is 1. The van der Waals surface area contributed by atoms with E-state index in [1.807, 2.05) is 0 Å². The number of ether oxygens (including phenoxy) is 2. The van der Waals surface area contributed by atoms with Crippen molar-refractivity contribution in [3.05, 3.63) is 0 Å². The van der Waals surface area contributed by atoms with Gasteiger partial charge >= 0.3 is 11.9 Å². The Morgan fingerprint density at radius 1 is 0.903 bits per heavy atom. The number of hydrogen-bond donors (Lipinski definition) is 0. The second kappa shape index (κ2) is 17.7. The molecule has 0 saturated carbocycles. The molecule has 2 atom stereocenters. The van der Waals surface area contributed by atoms with Gasteiger partial charge in [-0.3, -0.25) is 9.59 Å². The molecule has 0 aromatic heterocycles. The summed E-state index contributed by atoms with van der Waals surface area (Å²) in [5, 5.41) is 0. The predicted molar refractivity (Wildman–Crippen MR) is 127 cm³/mol. The Morgan fingerprint density at radius 3 is 2.00 bits per heavy atom. The van der Waals surface area contributed by atoms with Gasteiger partial charge in [-0.05, 0) is 45.8 Å². The van der Waals surface area contributed by atoms with Gasteiger partial charge in [0.05, 0.1) is 11.8 Å². The Labute approximate surface area is 195 Å². The van der Waals surface area contributed by atoms with Gasteiger partial charge in [0.15, 0.2) is 0 Å². The Balaban J connectivity index is 2.35. The van der Waals surface area contributed by atoms with Crippen LogP contribution in [0.25, 0.3) is 0 Å². The number of alkyl halides is 1. The van der Waals surface area contributed by atoms with Crippen molar-refractivity contribution in [2.24, 2.45) is 11.8 Å². The van der Waals surface area contributed by atoms with E-state index in [-0.39, 0.29) is 30.4 Å². The molecule has 1 heterocycles. The van der Waals surface area contributed by atoms with Crippen LogP contribution >= 0.6 is 11.6 Å². The van der Waals surface area contributed by atoms with E-state index in [4.69, 9.17) is 21.1 Å². The van der Waals surface area contributed by atoms with Gasteiger partial charge in [-0.2, -0.15) is 0 Å². The SMILES string of the molecule is CCCCCCCCC(CCCCCC)C(=O)OCC(Cl)OC(=O)C1CCN(C)CC1. The summed E-state index contributed by atoms with van der Waals surface area (Å²) >= 11 is 6.16. The summed E-state index contributed by atoms with van der Waals surface area (Å²) < 4.78 is 10.8. The third-order valence-electron chi connectivity index (χ3n) is 6.30. The molecule has 182 valence electrons. The second-order valence-corrected chi connectivity index (χ2v) is 9.64. The first-order valence-electron chi connectivity index (χ1n) is 12.7. The van der Waals surface area contributed by atoms with Gasteiger partial charge in [0.1, 0.15) is 6.61 Å². The van der Waals surface area contributed by atoms with E-state index in [9.17, 15) is 9.59 Å². The Bertz CT molecular complexity index is 480. The summed E-state index contributed by atoms with van der Waals surface area (Å²) in [6.45, 7) is 6.12. The van der Waals surface area contributed by atoms with Crippen molar-refractivity contribution < 1.29 is 19.1 Å². The molecule has 31 heavy (non-hydrogen) atoms. The zero-order chi connectivity index (χ0) is 22.9. The lowest BCUT2D eigenvalue weighted by atomic mass is 9.94. The molecular weight excluding hydrogens is 414 g/mol. The fourth-order valence-corrected chi connectivity index (χ4v) is 4.29. The van der Waals surface area contributed by atoms with Gasteiger partial charge in [-0.1, -0.05) is 89.7 Å². The molecule has 0 aromatic rings. The van der Waals surface area contributed by atoms with Crippen LogP contribution in [0.5, 0.6) is 0 Å². The van der Waals surface area contributed by atoms with Crippen molar-refractivity contribution in [2.75, 3.05) is 26.7 Å². The molecule has 0 aromatic carbocycles. The minimum atomic E-state index is -0.911. The zero-order valence-electron chi connectivity index (χ0n) is 20.2. The smallest absolute Gasteiger partial charge is 0.310 e. The molecule has 0 spiro atoms. The van der Waals surface area contributed by atoms with Crippen molar-refractivity contribution in [1.82, 2.24) is 4.90 Å². The number of hydrogen-bond acceptors (Lipinski definition) is 5. The maximum absolute atomic E-state index is 12.7. The highest BCUT2D eigenvalue weighted by Crippen LogP contribution is 2.22. The van der Waals surface area contributed by atoms with E-state index in [1.165, 1.54) is 44.9 Å². The van der Waals surface area contributed by atoms with E-state index < -0.39 is 5.56 Å². The van der Waals surface area contributed by atoms with Gasteiger partial charge in [-0.15, -0.1) is 0 Å². The average Bonchev–Trinajstić information content (AvgIpc) is 2.76. The minimum absolute atomic E-state index is 0.0687. The topological polar surface area (TPSA) is 55.8 Å². The largest absolute Gasteiger partial charge is 0.460 e. The highest BCUT2D eigenvalue weighted by atomic mass is 35.5. The van der Waals surface area contributed by atoms with Crippen LogP contribution in [0.2, 0.25) is 0 Å². The normalized spacial score (nSPS) is 17.3.